The summed E-state index contributed by atoms with van der Waals surface area (Å²) < 4.78 is 15.7. The lowest BCUT2D eigenvalue weighted by Crippen LogP contribution is -2.04. The molecule has 0 saturated heterocycles. The Labute approximate surface area is 139 Å². The summed E-state index contributed by atoms with van der Waals surface area (Å²) in [5.74, 6) is -0.891. The maximum atomic E-state index is 11.1. The Kier molecular flexibility index (Phi) is 5.39. The lowest BCUT2D eigenvalue weighted by atomic mass is 9.89. The van der Waals surface area contributed by atoms with Gasteiger partial charge in [-0.2, -0.15) is 0 Å². The van der Waals surface area contributed by atoms with E-state index in [1.54, 1.807) is 24.3 Å². The number of phosphoric ester groups is 1. The zero-order valence-electron chi connectivity index (χ0n) is 13.0. The van der Waals surface area contributed by atoms with Crippen LogP contribution in [0.4, 0.5) is 0 Å². The van der Waals surface area contributed by atoms with Gasteiger partial charge in [0.25, 0.3) is 0 Å². The van der Waals surface area contributed by atoms with E-state index in [0.717, 1.165) is 17.7 Å². The predicted octanol–water partition coefficient (Wildman–Crippen LogP) is 3.01. The normalized spacial score (nSPS) is 12.8. The maximum Gasteiger partial charge on any atom is 0.524 e. The molecule has 130 valence electrons. The van der Waals surface area contributed by atoms with Gasteiger partial charge in [-0.3, -0.25) is 9.79 Å². The van der Waals surface area contributed by atoms with Crippen molar-refractivity contribution in [1.29, 1.82) is 0 Å². The molecule has 0 amide bonds. The largest absolute Gasteiger partial charge is 0.524 e. The van der Waals surface area contributed by atoms with Crippen molar-refractivity contribution in [2.45, 2.75) is 25.7 Å². The molecule has 0 aliphatic rings. The summed E-state index contributed by atoms with van der Waals surface area (Å²) in [5, 5.41) is 29.0. The maximum absolute atomic E-state index is 11.1. The van der Waals surface area contributed by atoms with Gasteiger partial charge in [0.05, 0.1) is 0 Å². The Morgan fingerprint density at radius 1 is 1.04 bits per heavy atom. The van der Waals surface area contributed by atoms with E-state index in [0.29, 0.717) is 6.42 Å². The van der Waals surface area contributed by atoms with Crippen LogP contribution >= 0.6 is 7.82 Å². The van der Waals surface area contributed by atoms with E-state index in [2.05, 4.69) is 4.52 Å². The SMILES string of the molecule is CCC(Cc1c(O)cc(O)cc1OP(=O)(O)O)c1ccc(O)cc1. The monoisotopic (exact) mass is 354 g/mol. The molecule has 0 aliphatic heterocycles. The highest BCUT2D eigenvalue weighted by Crippen LogP contribution is 2.44. The molecule has 7 nitrogen and oxygen atoms in total. The lowest BCUT2D eigenvalue weighted by Gasteiger charge is -2.19. The van der Waals surface area contributed by atoms with Gasteiger partial charge >= 0.3 is 7.82 Å². The molecule has 5 N–H and O–H groups in total. The van der Waals surface area contributed by atoms with Crippen LogP contribution in [0.15, 0.2) is 36.4 Å². The molecule has 2 aromatic rings. The second kappa shape index (κ2) is 7.13. The first-order valence-corrected chi connectivity index (χ1v) is 8.81. The number of phenols is 3. The van der Waals surface area contributed by atoms with Crippen molar-refractivity contribution in [3.8, 4) is 23.0 Å². The third-order valence-electron chi connectivity index (χ3n) is 3.70. The molecule has 0 aliphatic carbocycles. The number of aromatic hydroxyl groups is 3. The van der Waals surface area contributed by atoms with Crippen LogP contribution in [0.25, 0.3) is 0 Å². The summed E-state index contributed by atoms with van der Waals surface area (Å²) in [6.07, 6.45) is 0.920. The van der Waals surface area contributed by atoms with Gasteiger partial charge < -0.3 is 19.8 Å². The molecule has 2 rings (SSSR count). The van der Waals surface area contributed by atoms with Gasteiger partial charge in [-0.1, -0.05) is 19.1 Å². The predicted molar refractivity (Wildman–Crippen MR) is 87.3 cm³/mol. The molecule has 0 saturated carbocycles. The number of phenolic OH excluding ortho intramolecular Hbond substituents is 3. The Balaban J connectivity index is 2.39. The first-order valence-electron chi connectivity index (χ1n) is 7.28. The second-order valence-electron chi connectivity index (χ2n) is 5.42. The fraction of sp³-hybridized carbons (Fsp3) is 0.250. The molecule has 0 spiro atoms. The van der Waals surface area contributed by atoms with E-state index in [-0.39, 0.29) is 40.9 Å². The van der Waals surface area contributed by atoms with Crippen LogP contribution < -0.4 is 4.52 Å². The average Bonchev–Trinajstić information content (AvgIpc) is 2.46. The van der Waals surface area contributed by atoms with E-state index < -0.39 is 7.82 Å². The van der Waals surface area contributed by atoms with Crippen LogP contribution in [-0.2, 0) is 11.0 Å². The molecule has 0 bridgehead atoms. The fourth-order valence-corrected chi connectivity index (χ4v) is 2.94. The molecule has 0 heterocycles. The van der Waals surface area contributed by atoms with Gasteiger partial charge in [0.15, 0.2) is 0 Å². The quantitative estimate of drug-likeness (QED) is 0.505. The first kappa shape index (κ1) is 18.1. The number of hydrogen-bond acceptors (Lipinski definition) is 5. The zero-order chi connectivity index (χ0) is 17.9. The highest BCUT2D eigenvalue weighted by molar-refractivity contribution is 7.46. The van der Waals surface area contributed by atoms with E-state index in [4.69, 9.17) is 9.79 Å². The summed E-state index contributed by atoms with van der Waals surface area (Å²) >= 11 is 0. The molecule has 1 unspecified atom stereocenters. The summed E-state index contributed by atoms with van der Waals surface area (Å²) in [5.41, 5.74) is 1.08. The number of hydrogen-bond donors (Lipinski definition) is 5. The van der Waals surface area contributed by atoms with E-state index in [1.807, 2.05) is 6.92 Å². The van der Waals surface area contributed by atoms with Crippen LogP contribution in [-0.4, -0.2) is 25.1 Å². The molecule has 0 aromatic heterocycles. The fourth-order valence-electron chi connectivity index (χ4n) is 2.52. The molecule has 24 heavy (non-hydrogen) atoms. The Bertz CT molecular complexity index is 752. The third-order valence-corrected chi connectivity index (χ3v) is 4.13. The number of phosphoric acid groups is 1. The highest BCUT2D eigenvalue weighted by Gasteiger charge is 2.23. The van der Waals surface area contributed by atoms with Crippen molar-refractivity contribution >= 4 is 7.82 Å². The Morgan fingerprint density at radius 3 is 2.21 bits per heavy atom. The van der Waals surface area contributed by atoms with Crippen molar-refractivity contribution in [3.63, 3.8) is 0 Å². The second-order valence-corrected chi connectivity index (χ2v) is 6.59. The van der Waals surface area contributed by atoms with E-state index >= 15 is 0 Å². The Hall–Kier alpha value is -2.21. The topological polar surface area (TPSA) is 127 Å². The molecule has 0 fully saturated rings. The van der Waals surface area contributed by atoms with Crippen LogP contribution in [0.1, 0.15) is 30.4 Å². The van der Waals surface area contributed by atoms with Gasteiger partial charge in [0.2, 0.25) is 0 Å². The number of rotatable bonds is 6. The smallest absolute Gasteiger partial charge is 0.508 e. The first-order chi connectivity index (χ1) is 11.2. The van der Waals surface area contributed by atoms with Crippen molar-refractivity contribution in [2.24, 2.45) is 0 Å². The van der Waals surface area contributed by atoms with Gasteiger partial charge in [0, 0.05) is 17.7 Å². The molecule has 1 atom stereocenters. The summed E-state index contributed by atoms with van der Waals surface area (Å²) in [4.78, 5) is 18.0. The highest BCUT2D eigenvalue weighted by atomic mass is 31.2. The number of benzene rings is 2. The van der Waals surface area contributed by atoms with Crippen LogP contribution in [0.5, 0.6) is 23.0 Å². The molecule has 0 radical (unpaired) electrons. The minimum absolute atomic E-state index is 0.0832. The van der Waals surface area contributed by atoms with Gasteiger partial charge in [-0.05, 0) is 36.5 Å². The lowest BCUT2D eigenvalue weighted by molar-refractivity contribution is 0.281. The zero-order valence-corrected chi connectivity index (χ0v) is 13.8. The van der Waals surface area contributed by atoms with Crippen LogP contribution in [0.3, 0.4) is 0 Å². The van der Waals surface area contributed by atoms with Gasteiger partial charge in [-0.25, -0.2) is 4.57 Å². The Morgan fingerprint density at radius 2 is 1.67 bits per heavy atom. The van der Waals surface area contributed by atoms with Crippen molar-refractivity contribution in [2.75, 3.05) is 0 Å². The van der Waals surface area contributed by atoms with Gasteiger partial charge in [0.1, 0.15) is 23.0 Å². The molecule has 2 aromatic carbocycles. The van der Waals surface area contributed by atoms with Crippen molar-refractivity contribution in [1.82, 2.24) is 0 Å². The van der Waals surface area contributed by atoms with Crippen LogP contribution in [0, 0.1) is 0 Å². The summed E-state index contributed by atoms with van der Waals surface area (Å²) in [6, 6.07) is 8.71. The molecule has 8 heteroatoms. The minimum atomic E-state index is -4.84. The minimum Gasteiger partial charge on any atom is -0.508 e. The van der Waals surface area contributed by atoms with Gasteiger partial charge in [-0.15, -0.1) is 0 Å². The van der Waals surface area contributed by atoms with E-state index in [9.17, 15) is 19.9 Å². The van der Waals surface area contributed by atoms with E-state index in [1.165, 1.54) is 0 Å². The van der Waals surface area contributed by atoms with Crippen molar-refractivity contribution < 1.29 is 34.2 Å². The summed E-state index contributed by atoms with van der Waals surface area (Å²) in [7, 11) is -4.84. The standard InChI is InChI=1S/C16H19O7P/c1-2-10(11-3-5-12(17)6-4-11)7-14-15(19)8-13(18)9-16(14)23-24(20,21)22/h3-6,8-10,17-19H,2,7H2,1H3,(H2,20,21,22). The third kappa shape index (κ3) is 4.64. The molecular weight excluding hydrogens is 335 g/mol. The van der Waals surface area contributed by atoms with Crippen molar-refractivity contribution in [3.05, 3.63) is 47.5 Å². The summed E-state index contributed by atoms with van der Waals surface area (Å²) in [6.45, 7) is 1.93. The average molecular weight is 354 g/mol. The van der Waals surface area contributed by atoms with Crippen LogP contribution in [0.2, 0.25) is 0 Å². The molecular formula is C16H19O7P.